The number of nitrogens with one attached hydrogen (secondary N) is 1. The molecule has 1 aromatic carbocycles. The van der Waals surface area contributed by atoms with E-state index in [4.69, 9.17) is 11.0 Å². The molecule has 3 N–H and O–H groups in total. The van der Waals surface area contributed by atoms with Gasteiger partial charge in [0.2, 0.25) is 0 Å². The summed E-state index contributed by atoms with van der Waals surface area (Å²) >= 11 is 0. The van der Waals surface area contributed by atoms with Gasteiger partial charge in [0.15, 0.2) is 5.69 Å². The summed E-state index contributed by atoms with van der Waals surface area (Å²) in [7, 11) is 0. The first-order valence-corrected chi connectivity index (χ1v) is 9.89. The normalized spacial score (nSPS) is 10.5. The van der Waals surface area contributed by atoms with E-state index in [-0.39, 0.29) is 23.6 Å². The van der Waals surface area contributed by atoms with E-state index in [1.807, 2.05) is 19.9 Å². The lowest BCUT2D eigenvalue weighted by molar-refractivity contribution is 0.0986. The molecule has 29 heavy (non-hydrogen) atoms. The van der Waals surface area contributed by atoms with Crippen LogP contribution in [0.3, 0.4) is 0 Å². The predicted molar refractivity (Wildman–Crippen MR) is 113 cm³/mol. The van der Waals surface area contributed by atoms with Gasteiger partial charge in [-0.05, 0) is 31.0 Å². The van der Waals surface area contributed by atoms with E-state index < -0.39 is 17.2 Å². The molecular formula is C21H27N5O3. The molecule has 2 aromatic rings. The number of carbonyl (C=O) groups is 1. The maximum atomic E-state index is 13.2. The van der Waals surface area contributed by atoms with Crippen LogP contribution in [0.15, 0.2) is 33.9 Å². The van der Waals surface area contributed by atoms with Gasteiger partial charge >= 0.3 is 5.69 Å². The standard InChI is InChI=1S/C21H27N5O3/c1-3-5-7-12-25(20(28)16-10-8-9-15(13-16)14-22)17-18(23)26(11-6-4-2)21(29)24-19(17)27/h8-10,13H,3-7,11-12,23H2,1-2H3,(H,24,27,29). The number of benzene rings is 1. The zero-order valence-corrected chi connectivity index (χ0v) is 16.9. The lowest BCUT2D eigenvalue weighted by Gasteiger charge is -2.24. The molecule has 8 heteroatoms. The molecule has 0 unspecified atom stereocenters. The number of aromatic amines is 1. The lowest BCUT2D eigenvalue weighted by Crippen LogP contribution is -2.41. The predicted octanol–water partition coefficient (Wildman–Crippen LogP) is 2.63. The van der Waals surface area contributed by atoms with Crippen molar-refractivity contribution >= 4 is 17.4 Å². The minimum atomic E-state index is -0.693. The van der Waals surface area contributed by atoms with E-state index in [9.17, 15) is 14.4 Å². The van der Waals surface area contributed by atoms with Gasteiger partial charge in [-0.2, -0.15) is 5.26 Å². The van der Waals surface area contributed by atoms with Crippen molar-refractivity contribution in [3.05, 3.63) is 56.2 Å². The van der Waals surface area contributed by atoms with Gasteiger partial charge in [-0.3, -0.25) is 19.1 Å². The molecule has 0 spiro atoms. The summed E-state index contributed by atoms with van der Waals surface area (Å²) in [6.45, 7) is 4.65. The molecule has 0 atom stereocenters. The monoisotopic (exact) mass is 397 g/mol. The van der Waals surface area contributed by atoms with Gasteiger partial charge in [-0.1, -0.05) is 39.2 Å². The van der Waals surface area contributed by atoms with Crippen molar-refractivity contribution in [2.24, 2.45) is 0 Å². The molecule has 0 aliphatic carbocycles. The molecule has 154 valence electrons. The number of nitriles is 1. The number of aromatic nitrogens is 2. The first-order chi connectivity index (χ1) is 13.9. The summed E-state index contributed by atoms with van der Waals surface area (Å²) in [5, 5.41) is 9.12. The fourth-order valence-corrected chi connectivity index (χ4v) is 3.09. The molecule has 1 aromatic heterocycles. The average Bonchev–Trinajstić information content (AvgIpc) is 2.72. The summed E-state index contributed by atoms with van der Waals surface area (Å²) in [6, 6.07) is 8.29. The van der Waals surface area contributed by atoms with Crippen LogP contribution in [-0.2, 0) is 6.54 Å². The number of H-pyrrole nitrogens is 1. The number of nitrogens with zero attached hydrogens (tertiary/aromatic N) is 3. The minimum Gasteiger partial charge on any atom is -0.383 e. The van der Waals surface area contributed by atoms with E-state index in [2.05, 4.69) is 4.98 Å². The van der Waals surface area contributed by atoms with Crippen LogP contribution >= 0.6 is 0 Å². The van der Waals surface area contributed by atoms with Crippen LogP contribution in [0.5, 0.6) is 0 Å². The SMILES string of the molecule is CCCCCN(C(=O)c1cccc(C#N)c1)c1c(N)n(CCCC)c(=O)[nH]c1=O. The van der Waals surface area contributed by atoms with Gasteiger partial charge in [0, 0.05) is 18.7 Å². The molecule has 0 radical (unpaired) electrons. The third kappa shape index (κ3) is 5.13. The Balaban J connectivity index is 2.57. The topological polar surface area (TPSA) is 125 Å². The van der Waals surface area contributed by atoms with Crippen molar-refractivity contribution in [3.63, 3.8) is 0 Å². The van der Waals surface area contributed by atoms with Gasteiger partial charge in [-0.25, -0.2) is 4.79 Å². The summed E-state index contributed by atoms with van der Waals surface area (Å²) in [6.07, 6.45) is 4.04. The first kappa shape index (κ1) is 22.0. The highest BCUT2D eigenvalue weighted by Crippen LogP contribution is 2.21. The quantitative estimate of drug-likeness (QED) is 0.629. The number of carbonyl (C=O) groups excluding carboxylic acids is 1. The second-order valence-corrected chi connectivity index (χ2v) is 6.85. The summed E-state index contributed by atoms with van der Waals surface area (Å²) in [5.41, 5.74) is 5.53. The Hall–Kier alpha value is -3.34. The van der Waals surface area contributed by atoms with E-state index in [1.54, 1.807) is 18.2 Å². The van der Waals surface area contributed by atoms with Crippen LogP contribution in [0.25, 0.3) is 0 Å². The van der Waals surface area contributed by atoms with Crippen molar-refractivity contribution in [3.8, 4) is 6.07 Å². The first-order valence-electron chi connectivity index (χ1n) is 9.89. The van der Waals surface area contributed by atoms with Crippen LogP contribution < -0.4 is 21.9 Å². The maximum absolute atomic E-state index is 13.2. The average molecular weight is 397 g/mol. The number of nitrogen functional groups attached to an aromatic ring is 1. The lowest BCUT2D eigenvalue weighted by atomic mass is 10.1. The number of hydrogen-bond acceptors (Lipinski definition) is 5. The molecular weight excluding hydrogens is 370 g/mol. The number of nitrogens with two attached hydrogens (primary N) is 1. The highest BCUT2D eigenvalue weighted by molar-refractivity contribution is 6.07. The number of rotatable bonds is 9. The smallest absolute Gasteiger partial charge is 0.330 e. The number of unbranched alkanes of at least 4 members (excludes halogenated alkanes) is 3. The summed E-state index contributed by atoms with van der Waals surface area (Å²) in [4.78, 5) is 41.7. The largest absolute Gasteiger partial charge is 0.383 e. The number of hydrogen-bond donors (Lipinski definition) is 2. The molecule has 8 nitrogen and oxygen atoms in total. The number of anilines is 2. The highest BCUT2D eigenvalue weighted by Gasteiger charge is 2.25. The molecule has 0 aliphatic heterocycles. The van der Waals surface area contributed by atoms with E-state index >= 15 is 0 Å². The van der Waals surface area contributed by atoms with E-state index in [1.165, 1.54) is 15.5 Å². The van der Waals surface area contributed by atoms with Crippen molar-refractivity contribution in [1.29, 1.82) is 5.26 Å². The molecule has 0 saturated heterocycles. The fourth-order valence-electron chi connectivity index (χ4n) is 3.09. The second kappa shape index (κ2) is 10.3. The molecule has 0 bridgehead atoms. The molecule has 1 amide bonds. The van der Waals surface area contributed by atoms with Gasteiger partial charge in [-0.15, -0.1) is 0 Å². The Labute approximate surface area is 169 Å². The molecule has 2 rings (SSSR count). The van der Waals surface area contributed by atoms with Crippen LogP contribution in [0.4, 0.5) is 11.5 Å². The van der Waals surface area contributed by atoms with Gasteiger partial charge in [0.25, 0.3) is 11.5 Å². The van der Waals surface area contributed by atoms with E-state index in [0.29, 0.717) is 24.9 Å². The van der Waals surface area contributed by atoms with Gasteiger partial charge in [0.05, 0.1) is 11.6 Å². The minimum absolute atomic E-state index is 0.0199. The second-order valence-electron chi connectivity index (χ2n) is 6.85. The molecule has 0 fully saturated rings. The van der Waals surface area contributed by atoms with Crippen molar-refractivity contribution < 1.29 is 4.79 Å². The Bertz CT molecular complexity index is 1020. The zero-order valence-electron chi connectivity index (χ0n) is 16.9. The third-order valence-electron chi connectivity index (χ3n) is 4.69. The van der Waals surface area contributed by atoms with Crippen molar-refractivity contribution in [2.45, 2.75) is 52.5 Å². The molecule has 0 saturated carbocycles. The van der Waals surface area contributed by atoms with Crippen LogP contribution in [0, 0.1) is 11.3 Å². The Morgan fingerprint density at radius 3 is 2.59 bits per heavy atom. The fraction of sp³-hybridized carbons (Fsp3) is 0.429. The third-order valence-corrected chi connectivity index (χ3v) is 4.69. The van der Waals surface area contributed by atoms with Gasteiger partial charge < -0.3 is 10.6 Å². The molecule has 1 heterocycles. The van der Waals surface area contributed by atoms with Gasteiger partial charge in [0.1, 0.15) is 5.82 Å². The van der Waals surface area contributed by atoms with Crippen molar-refractivity contribution in [1.82, 2.24) is 9.55 Å². The Kier molecular flexibility index (Phi) is 7.78. The van der Waals surface area contributed by atoms with E-state index in [0.717, 1.165) is 19.3 Å². The Morgan fingerprint density at radius 2 is 1.93 bits per heavy atom. The summed E-state index contributed by atoms with van der Waals surface area (Å²) < 4.78 is 1.30. The zero-order chi connectivity index (χ0) is 21.4. The maximum Gasteiger partial charge on any atom is 0.330 e. The number of amides is 1. The van der Waals surface area contributed by atoms with Crippen LogP contribution in [0.1, 0.15) is 61.9 Å². The highest BCUT2D eigenvalue weighted by atomic mass is 16.2. The summed E-state index contributed by atoms with van der Waals surface area (Å²) in [5.74, 6) is -0.454. The Morgan fingerprint density at radius 1 is 1.21 bits per heavy atom. The molecule has 0 aliphatic rings. The van der Waals surface area contributed by atoms with Crippen molar-refractivity contribution in [2.75, 3.05) is 17.2 Å². The van der Waals surface area contributed by atoms with Crippen LogP contribution in [0.2, 0.25) is 0 Å². The van der Waals surface area contributed by atoms with Crippen LogP contribution in [-0.4, -0.2) is 22.0 Å².